The normalized spacial score (nSPS) is 16.4. The van der Waals surface area contributed by atoms with Crippen LogP contribution in [0.3, 0.4) is 0 Å². The van der Waals surface area contributed by atoms with Crippen LogP contribution in [0.2, 0.25) is 0 Å². The van der Waals surface area contributed by atoms with Crippen LogP contribution in [0.15, 0.2) is 24.4 Å². The number of carbonyl (C=O) groups excluding carboxylic acids is 1. The van der Waals surface area contributed by atoms with Gasteiger partial charge >= 0.3 is 6.18 Å². The molecule has 0 N–H and O–H groups in total. The number of halogens is 3. The topological polar surface area (TPSA) is 33.2 Å². The summed E-state index contributed by atoms with van der Waals surface area (Å²) in [7, 11) is 0. The first-order valence-corrected chi connectivity index (χ1v) is 6.74. The van der Waals surface area contributed by atoms with Crippen molar-refractivity contribution < 1.29 is 18.0 Å². The largest absolute Gasteiger partial charge is 0.406 e. The monoisotopic (exact) mass is 286 g/mol. The third-order valence-corrected chi connectivity index (χ3v) is 3.50. The van der Waals surface area contributed by atoms with Crippen LogP contribution in [0.5, 0.6) is 0 Å². The van der Waals surface area contributed by atoms with Crippen molar-refractivity contribution in [1.82, 2.24) is 4.98 Å². The van der Waals surface area contributed by atoms with E-state index in [0.717, 1.165) is 30.6 Å². The lowest BCUT2D eigenvalue weighted by Crippen LogP contribution is -2.40. The number of carbonyl (C=O) groups is 1. The number of hydrogen-bond acceptors (Lipinski definition) is 2. The maximum atomic E-state index is 12.6. The molecule has 0 spiro atoms. The zero-order valence-electron chi connectivity index (χ0n) is 11.1. The second kappa shape index (κ2) is 6.24. The van der Waals surface area contributed by atoms with Crippen molar-refractivity contribution in [3.05, 3.63) is 24.4 Å². The lowest BCUT2D eigenvalue weighted by atomic mass is 10.0. The molecule has 1 heterocycles. The van der Waals surface area contributed by atoms with E-state index in [1.807, 2.05) is 0 Å². The van der Waals surface area contributed by atoms with Crippen molar-refractivity contribution in [3.63, 3.8) is 0 Å². The van der Waals surface area contributed by atoms with Gasteiger partial charge in [0.25, 0.3) is 0 Å². The Labute approximate surface area is 115 Å². The van der Waals surface area contributed by atoms with Gasteiger partial charge in [0.15, 0.2) is 0 Å². The summed E-state index contributed by atoms with van der Waals surface area (Å²) in [5, 5.41) is 0. The molecule has 1 aliphatic carbocycles. The van der Waals surface area contributed by atoms with Crippen molar-refractivity contribution >= 4 is 11.7 Å². The molecule has 1 aliphatic rings. The molecule has 0 aliphatic heterocycles. The standard InChI is InChI=1S/C14H17F3N2O/c15-14(16,17)10-19(12-7-3-4-8-18-12)13(20)9-11-5-1-2-6-11/h3-4,7-8,11H,1-2,5-6,9-10H2. The molecule has 0 bridgehead atoms. The van der Waals surface area contributed by atoms with E-state index in [2.05, 4.69) is 4.98 Å². The minimum absolute atomic E-state index is 0.0628. The van der Waals surface area contributed by atoms with Crippen molar-refractivity contribution in [3.8, 4) is 0 Å². The van der Waals surface area contributed by atoms with Gasteiger partial charge < -0.3 is 0 Å². The smallest absolute Gasteiger partial charge is 0.288 e. The third kappa shape index (κ3) is 4.21. The first-order chi connectivity index (χ1) is 9.46. The number of nitrogens with zero attached hydrogens (tertiary/aromatic N) is 2. The molecule has 1 saturated carbocycles. The van der Waals surface area contributed by atoms with E-state index in [-0.39, 0.29) is 18.2 Å². The summed E-state index contributed by atoms with van der Waals surface area (Å²) < 4.78 is 37.9. The van der Waals surface area contributed by atoms with E-state index in [0.29, 0.717) is 0 Å². The highest BCUT2D eigenvalue weighted by Gasteiger charge is 2.35. The van der Waals surface area contributed by atoms with Crippen LogP contribution in [-0.4, -0.2) is 23.6 Å². The molecule has 6 heteroatoms. The highest BCUT2D eigenvalue weighted by atomic mass is 19.4. The van der Waals surface area contributed by atoms with E-state index in [1.54, 1.807) is 12.1 Å². The average Bonchev–Trinajstić information content (AvgIpc) is 2.89. The summed E-state index contributed by atoms with van der Waals surface area (Å²) in [6.07, 6.45) is 1.10. The van der Waals surface area contributed by atoms with Crippen molar-refractivity contribution in [2.45, 2.75) is 38.3 Å². The van der Waals surface area contributed by atoms with Gasteiger partial charge in [0.2, 0.25) is 5.91 Å². The van der Waals surface area contributed by atoms with E-state index in [4.69, 9.17) is 0 Å². The molecule has 110 valence electrons. The van der Waals surface area contributed by atoms with Gasteiger partial charge in [-0.3, -0.25) is 9.69 Å². The summed E-state index contributed by atoms with van der Waals surface area (Å²) in [6, 6.07) is 4.61. The maximum absolute atomic E-state index is 12.6. The molecule has 1 aromatic heterocycles. The summed E-state index contributed by atoms with van der Waals surface area (Å²) in [5.74, 6) is -0.220. The quantitative estimate of drug-likeness (QED) is 0.848. The predicted octanol–water partition coefficient (Wildman–Crippen LogP) is 3.56. The van der Waals surface area contributed by atoms with Crippen LogP contribution in [0, 0.1) is 5.92 Å². The number of rotatable bonds is 4. The van der Waals surface area contributed by atoms with Gasteiger partial charge in [-0.25, -0.2) is 4.98 Å². The lowest BCUT2D eigenvalue weighted by molar-refractivity contribution is -0.133. The second-order valence-corrected chi connectivity index (χ2v) is 5.14. The SMILES string of the molecule is O=C(CC1CCCC1)N(CC(F)(F)F)c1ccccn1. The minimum Gasteiger partial charge on any atom is -0.288 e. The molecule has 1 aromatic rings. The van der Waals surface area contributed by atoms with Gasteiger partial charge in [-0.1, -0.05) is 18.9 Å². The lowest BCUT2D eigenvalue weighted by Gasteiger charge is -2.24. The van der Waals surface area contributed by atoms with Crippen LogP contribution in [0.4, 0.5) is 19.0 Å². The number of aromatic nitrogens is 1. The Kier molecular flexibility index (Phi) is 4.62. The first kappa shape index (κ1) is 14.8. The molecule has 0 unspecified atom stereocenters. The van der Waals surface area contributed by atoms with Crippen molar-refractivity contribution in [2.24, 2.45) is 5.92 Å². The minimum atomic E-state index is -4.43. The van der Waals surface area contributed by atoms with Gasteiger partial charge in [0.05, 0.1) is 0 Å². The molecule has 20 heavy (non-hydrogen) atoms. The second-order valence-electron chi connectivity index (χ2n) is 5.14. The summed E-state index contributed by atoms with van der Waals surface area (Å²) in [5.41, 5.74) is 0. The fraction of sp³-hybridized carbons (Fsp3) is 0.571. The molecule has 0 saturated heterocycles. The van der Waals surface area contributed by atoms with E-state index < -0.39 is 18.6 Å². The molecule has 1 amide bonds. The number of anilines is 1. The fourth-order valence-electron chi connectivity index (χ4n) is 2.56. The highest BCUT2D eigenvalue weighted by Crippen LogP contribution is 2.29. The summed E-state index contributed by atoms with van der Waals surface area (Å²) in [6.45, 7) is -1.28. The summed E-state index contributed by atoms with van der Waals surface area (Å²) >= 11 is 0. The van der Waals surface area contributed by atoms with Gasteiger partial charge in [0, 0.05) is 12.6 Å². The molecular formula is C14H17F3N2O. The first-order valence-electron chi connectivity index (χ1n) is 6.74. The molecule has 0 radical (unpaired) electrons. The molecule has 0 aromatic carbocycles. The van der Waals surface area contributed by atoms with Crippen LogP contribution in [-0.2, 0) is 4.79 Å². The van der Waals surface area contributed by atoms with Crippen LogP contribution in [0.25, 0.3) is 0 Å². The van der Waals surface area contributed by atoms with Crippen molar-refractivity contribution in [1.29, 1.82) is 0 Å². The predicted molar refractivity (Wildman–Crippen MR) is 69.2 cm³/mol. The number of pyridine rings is 1. The van der Waals surface area contributed by atoms with Crippen LogP contribution < -0.4 is 4.90 Å². The average molecular weight is 286 g/mol. The zero-order chi connectivity index (χ0) is 14.6. The van der Waals surface area contributed by atoms with Gasteiger partial charge in [-0.2, -0.15) is 13.2 Å². The van der Waals surface area contributed by atoms with E-state index in [9.17, 15) is 18.0 Å². The Hall–Kier alpha value is -1.59. The number of alkyl halides is 3. The van der Waals surface area contributed by atoms with E-state index in [1.165, 1.54) is 12.3 Å². The summed E-state index contributed by atoms with van der Waals surface area (Å²) in [4.78, 5) is 16.8. The van der Waals surface area contributed by atoms with Gasteiger partial charge in [0.1, 0.15) is 12.4 Å². The van der Waals surface area contributed by atoms with E-state index >= 15 is 0 Å². The molecule has 0 atom stereocenters. The maximum Gasteiger partial charge on any atom is 0.406 e. The Bertz CT molecular complexity index is 441. The van der Waals surface area contributed by atoms with Gasteiger partial charge in [-0.05, 0) is 30.9 Å². The van der Waals surface area contributed by atoms with Gasteiger partial charge in [-0.15, -0.1) is 0 Å². The number of hydrogen-bond donors (Lipinski definition) is 0. The number of amides is 1. The fourth-order valence-corrected chi connectivity index (χ4v) is 2.56. The Morgan fingerprint density at radius 2 is 2.00 bits per heavy atom. The molecule has 2 rings (SSSR count). The molecular weight excluding hydrogens is 269 g/mol. The highest BCUT2D eigenvalue weighted by molar-refractivity contribution is 5.92. The zero-order valence-corrected chi connectivity index (χ0v) is 11.1. The van der Waals surface area contributed by atoms with Crippen molar-refractivity contribution in [2.75, 3.05) is 11.4 Å². The Morgan fingerprint density at radius 1 is 1.30 bits per heavy atom. The molecule has 1 fully saturated rings. The Morgan fingerprint density at radius 3 is 2.55 bits per heavy atom. The van der Waals surface area contributed by atoms with Crippen LogP contribution in [0.1, 0.15) is 32.1 Å². The van der Waals surface area contributed by atoms with Crippen LogP contribution >= 0.6 is 0 Å². The Balaban J connectivity index is 2.11. The molecule has 3 nitrogen and oxygen atoms in total. The third-order valence-electron chi connectivity index (χ3n) is 3.50.